The Kier molecular flexibility index (Phi) is 7.28. The molecule has 13 heavy (non-hydrogen) atoms. The molecule has 0 bridgehead atoms. The monoisotopic (exact) mass is 250 g/mol. The molecule has 0 atom stereocenters. The van der Waals surface area contributed by atoms with Gasteiger partial charge in [0.2, 0.25) is 5.91 Å². The first-order valence-electron chi connectivity index (χ1n) is 4.52. The van der Waals surface area contributed by atoms with E-state index in [1.807, 2.05) is 21.1 Å². The molecule has 0 aliphatic carbocycles. The molecule has 1 amide bonds. The number of hydrogen-bond acceptors (Lipinski definition) is 2. The summed E-state index contributed by atoms with van der Waals surface area (Å²) in [6.07, 6.45) is 1.63. The average Bonchev–Trinajstić information content (AvgIpc) is 2.04. The Hall–Kier alpha value is -0.0900. The molecule has 0 aromatic heterocycles. The van der Waals surface area contributed by atoms with E-state index in [-0.39, 0.29) is 5.91 Å². The molecular weight excluding hydrogens is 232 g/mol. The van der Waals surface area contributed by atoms with Crippen LogP contribution in [0.2, 0.25) is 0 Å². The van der Waals surface area contributed by atoms with E-state index in [0.717, 1.165) is 24.8 Å². The maximum Gasteiger partial charge on any atom is 0.223 e. The van der Waals surface area contributed by atoms with E-state index in [4.69, 9.17) is 0 Å². The predicted molar refractivity (Wildman–Crippen MR) is 59.2 cm³/mol. The van der Waals surface area contributed by atoms with Crippen molar-refractivity contribution in [2.45, 2.75) is 12.8 Å². The third-order valence-corrected chi connectivity index (χ3v) is 2.23. The van der Waals surface area contributed by atoms with Crippen LogP contribution in [-0.2, 0) is 4.79 Å². The molecule has 78 valence electrons. The quantitative estimate of drug-likeness (QED) is 0.662. The highest BCUT2D eigenvalue weighted by molar-refractivity contribution is 9.09. The van der Waals surface area contributed by atoms with Gasteiger partial charge in [-0.3, -0.25) is 4.79 Å². The molecule has 0 N–H and O–H groups in total. The minimum Gasteiger partial charge on any atom is -0.346 e. The summed E-state index contributed by atoms with van der Waals surface area (Å²) in [6.45, 7) is 1.88. The van der Waals surface area contributed by atoms with Gasteiger partial charge in [0.1, 0.15) is 0 Å². The second kappa shape index (κ2) is 7.33. The molecule has 0 heterocycles. The maximum absolute atomic E-state index is 11.3. The minimum atomic E-state index is 0.218. The van der Waals surface area contributed by atoms with Gasteiger partial charge in [-0.25, -0.2) is 0 Å². The first kappa shape index (κ1) is 12.9. The molecule has 0 saturated heterocycles. The van der Waals surface area contributed by atoms with E-state index in [1.54, 1.807) is 4.90 Å². The van der Waals surface area contributed by atoms with Crippen LogP contribution in [-0.4, -0.2) is 55.3 Å². The summed E-state index contributed by atoms with van der Waals surface area (Å²) in [5.74, 6) is 0.218. The van der Waals surface area contributed by atoms with E-state index in [9.17, 15) is 4.79 Å². The van der Waals surface area contributed by atoms with E-state index >= 15 is 0 Å². The van der Waals surface area contributed by atoms with Crippen molar-refractivity contribution in [1.82, 2.24) is 9.80 Å². The Labute approximate surface area is 89.2 Å². The Balaban J connectivity index is 3.49. The Bertz CT molecular complexity index is 151. The van der Waals surface area contributed by atoms with Crippen LogP contribution in [0.5, 0.6) is 0 Å². The summed E-state index contributed by atoms with van der Waals surface area (Å²) < 4.78 is 0. The zero-order valence-electron chi connectivity index (χ0n) is 8.72. The molecule has 0 aliphatic rings. The van der Waals surface area contributed by atoms with Gasteiger partial charge in [-0.1, -0.05) is 15.9 Å². The average molecular weight is 251 g/mol. The summed E-state index contributed by atoms with van der Waals surface area (Å²) in [6, 6.07) is 0. The summed E-state index contributed by atoms with van der Waals surface area (Å²) >= 11 is 3.25. The molecule has 0 fully saturated rings. The molecule has 0 aromatic carbocycles. The molecule has 0 unspecified atom stereocenters. The van der Waals surface area contributed by atoms with Crippen LogP contribution in [0.25, 0.3) is 0 Å². The van der Waals surface area contributed by atoms with Gasteiger partial charge in [-0.2, -0.15) is 0 Å². The van der Waals surface area contributed by atoms with Gasteiger partial charge in [0.15, 0.2) is 0 Å². The second-order valence-corrected chi connectivity index (χ2v) is 4.20. The molecule has 0 aromatic rings. The third-order valence-electron chi connectivity index (χ3n) is 1.83. The van der Waals surface area contributed by atoms with Crippen LogP contribution >= 0.6 is 15.9 Å². The van der Waals surface area contributed by atoms with Gasteiger partial charge in [-0.15, -0.1) is 0 Å². The molecule has 4 heteroatoms. The lowest BCUT2D eigenvalue weighted by atomic mass is 10.3. The fourth-order valence-electron chi connectivity index (χ4n) is 1.02. The van der Waals surface area contributed by atoms with Gasteiger partial charge in [0.05, 0.1) is 0 Å². The smallest absolute Gasteiger partial charge is 0.223 e. The van der Waals surface area contributed by atoms with Crippen molar-refractivity contribution in [3.8, 4) is 0 Å². The highest BCUT2D eigenvalue weighted by Crippen LogP contribution is 1.96. The van der Waals surface area contributed by atoms with Crippen LogP contribution in [0, 0.1) is 0 Å². The lowest BCUT2D eigenvalue weighted by molar-refractivity contribution is -0.129. The van der Waals surface area contributed by atoms with Gasteiger partial charge in [0.25, 0.3) is 0 Å². The van der Waals surface area contributed by atoms with Gasteiger partial charge in [0, 0.05) is 25.3 Å². The standard InChI is InChI=1S/C9H19BrN2O/c1-11(2)7-4-8-12(3)9(13)5-6-10/h4-8H2,1-3H3. The number of amides is 1. The Morgan fingerprint density at radius 1 is 1.23 bits per heavy atom. The summed E-state index contributed by atoms with van der Waals surface area (Å²) in [7, 11) is 5.95. The Morgan fingerprint density at radius 3 is 2.31 bits per heavy atom. The van der Waals surface area contributed by atoms with Crippen LogP contribution in [0.1, 0.15) is 12.8 Å². The fraction of sp³-hybridized carbons (Fsp3) is 0.889. The summed E-state index contributed by atoms with van der Waals surface area (Å²) in [5.41, 5.74) is 0. The highest BCUT2D eigenvalue weighted by atomic mass is 79.9. The van der Waals surface area contributed by atoms with Gasteiger partial charge >= 0.3 is 0 Å². The largest absolute Gasteiger partial charge is 0.346 e. The molecular formula is C9H19BrN2O. The van der Waals surface area contributed by atoms with Crippen molar-refractivity contribution in [1.29, 1.82) is 0 Å². The first-order chi connectivity index (χ1) is 6.07. The highest BCUT2D eigenvalue weighted by Gasteiger charge is 2.06. The first-order valence-corrected chi connectivity index (χ1v) is 5.64. The van der Waals surface area contributed by atoms with Crippen LogP contribution < -0.4 is 0 Å². The minimum absolute atomic E-state index is 0.218. The summed E-state index contributed by atoms with van der Waals surface area (Å²) in [5, 5.41) is 0.754. The number of alkyl halides is 1. The zero-order valence-corrected chi connectivity index (χ0v) is 10.3. The van der Waals surface area contributed by atoms with Gasteiger partial charge < -0.3 is 9.80 Å². The number of carbonyl (C=O) groups excluding carboxylic acids is 1. The van der Waals surface area contributed by atoms with E-state index in [1.165, 1.54) is 0 Å². The van der Waals surface area contributed by atoms with E-state index in [0.29, 0.717) is 6.42 Å². The lowest BCUT2D eigenvalue weighted by Crippen LogP contribution is -2.29. The van der Waals surface area contributed by atoms with Crippen molar-refractivity contribution in [2.24, 2.45) is 0 Å². The fourth-order valence-corrected chi connectivity index (χ4v) is 1.36. The number of hydrogen-bond donors (Lipinski definition) is 0. The molecule has 0 saturated carbocycles. The van der Waals surface area contributed by atoms with Crippen molar-refractivity contribution < 1.29 is 4.79 Å². The SMILES string of the molecule is CN(C)CCCN(C)C(=O)CCBr. The molecule has 3 nitrogen and oxygen atoms in total. The number of rotatable bonds is 6. The molecule has 0 radical (unpaired) electrons. The molecule has 0 spiro atoms. The predicted octanol–water partition coefficient (Wildman–Crippen LogP) is 1.18. The normalized spacial score (nSPS) is 10.5. The number of carbonyl (C=O) groups is 1. The third kappa shape index (κ3) is 7.02. The van der Waals surface area contributed by atoms with Crippen molar-refractivity contribution in [3.63, 3.8) is 0 Å². The van der Waals surface area contributed by atoms with Crippen LogP contribution in [0.15, 0.2) is 0 Å². The van der Waals surface area contributed by atoms with Crippen molar-refractivity contribution in [2.75, 3.05) is 39.6 Å². The Morgan fingerprint density at radius 2 is 1.85 bits per heavy atom. The van der Waals surface area contributed by atoms with E-state index in [2.05, 4.69) is 20.8 Å². The van der Waals surface area contributed by atoms with Gasteiger partial charge in [-0.05, 0) is 27.1 Å². The van der Waals surface area contributed by atoms with E-state index < -0.39 is 0 Å². The maximum atomic E-state index is 11.3. The zero-order chi connectivity index (χ0) is 10.3. The lowest BCUT2D eigenvalue weighted by Gasteiger charge is -2.17. The molecule has 0 rings (SSSR count). The second-order valence-electron chi connectivity index (χ2n) is 3.41. The summed E-state index contributed by atoms with van der Waals surface area (Å²) in [4.78, 5) is 15.2. The van der Waals surface area contributed by atoms with Crippen molar-refractivity contribution >= 4 is 21.8 Å². The van der Waals surface area contributed by atoms with Crippen LogP contribution in [0.4, 0.5) is 0 Å². The number of halogens is 1. The topological polar surface area (TPSA) is 23.6 Å². The number of nitrogens with zero attached hydrogens (tertiary/aromatic N) is 2. The molecule has 0 aliphatic heterocycles. The van der Waals surface area contributed by atoms with Crippen LogP contribution in [0.3, 0.4) is 0 Å². The van der Waals surface area contributed by atoms with Crippen molar-refractivity contribution in [3.05, 3.63) is 0 Å².